The Kier molecular flexibility index (Phi) is 6.50. The second kappa shape index (κ2) is 9.48. The average Bonchev–Trinajstić information content (AvgIpc) is 3.30. The highest BCUT2D eigenvalue weighted by molar-refractivity contribution is 7.19. The summed E-state index contributed by atoms with van der Waals surface area (Å²) in [6.45, 7) is 7.94. The number of fused-ring (bicyclic) bond motifs is 1. The van der Waals surface area contributed by atoms with E-state index in [1.807, 2.05) is 62.1 Å². The second-order valence-corrected chi connectivity index (χ2v) is 8.26. The maximum atomic E-state index is 10.7. The van der Waals surface area contributed by atoms with Gasteiger partial charge in [-0.1, -0.05) is 12.1 Å². The van der Waals surface area contributed by atoms with E-state index >= 15 is 0 Å². The lowest BCUT2D eigenvalue weighted by atomic mass is 10.1. The van der Waals surface area contributed by atoms with Crippen LogP contribution in [0.3, 0.4) is 0 Å². The molecule has 1 aliphatic heterocycles. The van der Waals surface area contributed by atoms with E-state index in [1.54, 1.807) is 0 Å². The fourth-order valence-corrected chi connectivity index (χ4v) is 4.76. The van der Waals surface area contributed by atoms with Crippen molar-refractivity contribution in [1.29, 1.82) is 5.41 Å². The van der Waals surface area contributed by atoms with E-state index in [9.17, 15) is 5.11 Å². The molecule has 1 aliphatic rings. The number of aliphatic hydroxyl groups is 1. The van der Waals surface area contributed by atoms with Crippen LogP contribution in [0.1, 0.15) is 31.3 Å². The van der Waals surface area contributed by atoms with Gasteiger partial charge in [-0.2, -0.15) is 0 Å². The summed E-state index contributed by atoms with van der Waals surface area (Å²) in [5.74, 6) is 2.24. The normalized spacial score (nSPS) is 13.8. The first-order valence-corrected chi connectivity index (χ1v) is 11.5. The van der Waals surface area contributed by atoms with Crippen molar-refractivity contribution in [2.45, 2.75) is 27.3 Å². The van der Waals surface area contributed by atoms with Crippen LogP contribution in [0.25, 0.3) is 15.8 Å². The van der Waals surface area contributed by atoms with Crippen LogP contribution in [-0.4, -0.2) is 47.2 Å². The van der Waals surface area contributed by atoms with Crippen molar-refractivity contribution in [3.8, 4) is 17.2 Å². The minimum absolute atomic E-state index is 0.162. The standard InChI is InChI=1S/C24H27N3O4S/c1-4-29-18-11-15(12-19(30-5-2)22(18)31-6-3)13-27-14-17(28)21(23(27)25)24-26-16-9-7-8-10-20(16)32-24/h7-12,25,28H,4-6,13-14H2,1-3H3. The highest BCUT2D eigenvalue weighted by Crippen LogP contribution is 2.40. The summed E-state index contributed by atoms with van der Waals surface area (Å²) in [6.07, 6.45) is 0. The zero-order chi connectivity index (χ0) is 22.7. The smallest absolute Gasteiger partial charge is 0.203 e. The van der Waals surface area contributed by atoms with Gasteiger partial charge >= 0.3 is 0 Å². The number of benzene rings is 2. The quantitative estimate of drug-likeness (QED) is 0.460. The number of aliphatic hydroxyl groups excluding tert-OH is 1. The average molecular weight is 454 g/mol. The van der Waals surface area contributed by atoms with Gasteiger partial charge in [0.1, 0.15) is 16.6 Å². The Bertz CT molecular complexity index is 1110. The molecule has 0 spiro atoms. The summed E-state index contributed by atoms with van der Waals surface area (Å²) in [5.41, 5.74) is 2.27. The molecule has 3 aromatic rings. The second-order valence-electron chi connectivity index (χ2n) is 7.23. The van der Waals surface area contributed by atoms with Crippen LogP contribution >= 0.6 is 11.3 Å². The summed E-state index contributed by atoms with van der Waals surface area (Å²) >= 11 is 1.48. The van der Waals surface area contributed by atoms with Crippen LogP contribution < -0.4 is 14.2 Å². The van der Waals surface area contributed by atoms with E-state index in [0.29, 0.717) is 54.2 Å². The zero-order valence-corrected chi connectivity index (χ0v) is 19.3. The number of para-hydroxylation sites is 1. The molecule has 8 heteroatoms. The molecule has 2 aromatic carbocycles. The molecular formula is C24H27N3O4S. The van der Waals surface area contributed by atoms with Gasteiger partial charge in [-0.25, -0.2) is 4.98 Å². The molecule has 32 heavy (non-hydrogen) atoms. The lowest BCUT2D eigenvalue weighted by Crippen LogP contribution is -2.26. The number of thiazole rings is 1. The van der Waals surface area contributed by atoms with Gasteiger partial charge in [0.05, 0.1) is 42.2 Å². The molecule has 0 unspecified atom stereocenters. The summed E-state index contributed by atoms with van der Waals surface area (Å²) in [7, 11) is 0. The maximum Gasteiger partial charge on any atom is 0.203 e. The van der Waals surface area contributed by atoms with Gasteiger partial charge < -0.3 is 24.2 Å². The number of rotatable bonds is 9. The zero-order valence-electron chi connectivity index (χ0n) is 18.5. The molecule has 0 fully saturated rings. The topological polar surface area (TPSA) is 87.9 Å². The SMILES string of the molecule is CCOc1cc(CN2CC(O)=C(c3nc4ccccc4s3)C2=N)cc(OCC)c1OCC. The van der Waals surface area contributed by atoms with Crippen molar-refractivity contribution in [3.63, 3.8) is 0 Å². The van der Waals surface area contributed by atoms with Crippen molar-refractivity contribution >= 4 is 33.0 Å². The first-order chi connectivity index (χ1) is 15.5. The summed E-state index contributed by atoms with van der Waals surface area (Å²) in [6, 6.07) is 11.7. The molecule has 0 bridgehead atoms. The number of nitrogens with one attached hydrogen (secondary N) is 1. The van der Waals surface area contributed by atoms with Crippen molar-refractivity contribution in [1.82, 2.24) is 9.88 Å². The highest BCUT2D eigenvalue weighted by atomic mass is 32.1. The molecule has 1 aromatic heterocycles. The first-order valence-electron chi connectivity index (χ1n) is 10.7. The van der Waals surface area contributed by atoms with Crippen molar-refractivity contribution in [3.05, 3.63) is 52.7 Å². The molecule has 0 radical (unpaired) electrons. The number of amidine groups is 1. The molecule has 4 rings (SSSR count). The Morgan fingerprint density at radius 2 is 1.69 bits per heavy atom. The largest absolute Gasteiger partial charge is 0.510 e. The Morgan fingerprint density at radius 3 is 2.31 bits per heavy atom. The van der Waals surface area contributed by atoms with Gasteiger partial charge in [-0.05, 0) is 50.6 Å². The lowest BCUT2D eigenvalue weighted by molar-refractivity contribution is 0.259. The Hall–Kier alpha value is -3.26. The molecule has 0 amide bonds. The predicted octanol–water partition coefficient (Wildman–Crippen LogP) is 5.25. The third-order valence-corrected chi connectivity index (χ3v) is 6.09. The van der Waals surface area contributed by atoms with Gasteiger partial charge in [-0.3, -0.25) is 5.41 Å². The number of ether oxygens (including phenoxy) is 3. The molecule has 2 heterocycles. The van der Waals surface area contributed by atoms with Crippen LogP contribution in [0, 0.1) is 5.41 Å². The van der Waals surface area contributed by atoms with Crippen LogP contribution in [0.15, 0.2) is 42.2 Å². The fourth-order valence-electron chi connectivity index (χ4n) is 3.73. The monoisotopic (exact) mass is 453 g/mol. The lowest BCUT2D eigenvalue weighted by Gasteiger charge is -2.21. The summed E-state index contributed by atoms with van der Waals surface area (Å²) in [4.78, 5) is 6.44. The first kappa shape index (κ1) is 22.0. The molecule has 168 valence electrons. The molecule has 0 saturated heterocycles. The number of hydrogen-bond acceptors (Lipinski definition) is 7. The van der Waals surface area contributed by atoms with Gasteiger partial charge in [0.25, 0.3) is 0 Å². The van der Waals surface area contributed by atoms with Crippen molar-refractivity contribution in [2.24, 2.45) is 0 Å². The molecule has 0 aliphatic carbocycles. The third-order valence-electron chi connectivity index (χ3n) is 5.03. The highest BCUT2D eigenvalue weighted by Gasteiger charge is 2.31. The van der Waals surface area contributed by atoms with E-state index in [0.717, 1.165) is 15.8 Å². The van der Waals surface area contributed by atoms with E-state index in [4.69, 9.17) is 19.6 Å². The summed E-state index contributed by atoms with van der Waals surface area (Å²) in [5, 5.41) is 20.1. The van der Waals surface area contributed by atoms with Gasteiger partial charge in [0.2, 0.25) is 5.75 Å². The Morgan fingerprint density at radius 1 is 1.03 bits per heavy atom. The fraction of sp³-hybridized carbons (Fsp3) is 0.333. The molecule has 2 N–H and O–H groups in total. The van der Waals surface area contributed by atoms with E-state index < -0.39 is 0 Å². The van der Waals surface area contributed by atoms with Crippen LogP contribution in [0.4, 0.5) is 0 Å². The number of nitrogens with zero attached hydrogens (tertiary/aromatic N) is 2. The molecule has 0 atom stereocenters. The van der Waals surface area contributed by atoms with Crippen molar-refractivity contribution in [2.75, 3.05) is 26.4 Å². The third kappa shape index (κ3) is 4.23. The van der Waals surface area contributed by atoms with Crippen LogP contribution in [0.2, 0.25) is 0 Å². The van der Waals surface area contributed by atoms with Crippen LogP contribution in [0.5, 0.6) is 17.2 Å². The Labute approximate surface area is 191 Å². The molecule has 0 saturated carbocycles. The minimum Gasteiger partial charge on any atom is -0.510 e. The van der Waals surface area contributed by atoms with E-state index in [1.165, 1.54) is 11.3 Å². The van der Waals surface area contributed by atoms with E-state index in [2.05, 4.69) is 4.98 Å². The van der Waals surface area contributed by atoms with Gasteiger partial charge in [0.15, 0.2) is 11.5 Å². The Balaban J connectivity index is 1.61. The number of aromatic nitrogens is 1. The molecule has 7 nitrogen and oxygen atoms in total. The van der Waals surface area contributed by atoms with Gasteiger partial charge in [0, 0.05) is 6.54 Å². The van der Waals surface area contributed by atoms with Crippen molar-refractivity contribution < 1.29 is 19.3 Å². The van der Waals surface area contributed by atoms with E-state index in [-0.39, 0.29) is 18.1 Å². The molecular weight excluding hydrogens is 426 g/mol. The predicted molar refractivity (Wildman–Crippen MR) is 127 cm³/mol. The van der Waals surface area contributed by atoms with Crippen LogP contribution in [-0.2, 0) is 6.54 Å². The maximum absolute atomic E-state index is 10.7. The minimum atomic E-state index is 0.162. The number of hydrogen-bond donors (Lipinski definition) is 2. The van der Waals surface area contributed by atoms with Gasteiger partial charge in [-0.15, -0.1) is 11.3 Å². The summed E-state index contributed by atoms with van der Waals surface area (Å²) < 4.78 is 18.4.